The molecule has 0 spiro atoms. The molecule has 0 unspecified atom stereocenters. The lowest BCUT2D eigenvalue weighted by molar-refractivity contribution is -0.384. The molecule has 2 N–H and O–H groups in total. The number of nitrogens with zero attached hydrogens (tertiary/aromatic N) is 2. The minimum absolute atomic E-state index is 0.0951. The molecule has 0 saturated heterocycles. The maximum Gasteiger partial charge on any atom is 0.271 e. The SMILES string of the molecule is Cc1ccc2nc(SCC(=O)Nc3cc([N+](=O)[O-])ccc3Cl)[nH]c2c1. The predicted octanol–water partition coefficient (Wildman–Crippen LogP) is 4.16. The van der Waals surface area contributed by atoms with E-state index >= 15 is 0 Å². The summed E-state index contributed by atoms with van der Waals surface area (Å²) in [6.45, 7) is 1.99. The first kappa shape index (κ1) is 17.2. The number of thioether (sulfide) groups is 1. The zero-order valence-corrected chi connectivity index (χ0v) is 14.6. The lowest BCUT2D eigenvalue weighted by Gasteiger charge is -2.06. The van der Waals surface area contributed by atoms with Gasteiger partial charge < -0.3 is 10.3 Å². The quantitative estimate of drug-likeness (QED) is 0.395. The first-order chi connectivity index (χ1) is 11.9. The second-order valence-electron chi connectivity index (χ2n) is 5.32. The maximum atomic E-state index is 12.1. The van der Waals surface area contributed by atoms with Crippen LogP contribution in [-0.2, 0) is 4.79 Å². The topological polar surface area (TPSA) is 101 Å². The molecule has 0 bridgehead atoms. The molecule has 3 rings (SSSR count). The molecule has 7 nitrogen and oxygen atoms in total. The molecule has 2 aromatic carbocycles. The second-order valence-corrected chi connectivity index (χ2v) is 6.69. The Morgan fingerprint density at radius 1 is 1.36 bits per heavy atom. The van der Waals surface area contributed by atoms with Crippen LogP contribution in [0, 0.1) is 17.0 Å². The molecule has 0 aliphatic rings. The number of aromatic amines is 1. The fourth-order valence-corrected chi connectivity index (χ4v) is 3.06. The number of hydrogen-bond donors (Lipinski definition) is 2. The summed E-state index contributed by atoms with van der Waals surface area (Å²) >= 11 is 7.21. The smallest absolute Gasteiger partial charge is 0.271 e. The fourth-order valence-electron chi connectivity index (χ4n) is 2.21. The number of nitro groups is 1. The van der Waals surface area contributed by atoms with E-state index < -0.39 is 4.92 Å². The van der Waals surface area contributed by atoms with Gasteiger partial charge in [-0.2, -0.15) is 0 Å². The van der Waals surface area contributed by atoms with E-state index in [-0.39, 0.29) is 28.1 Å². The number of aromatic nitrogens is 2. The number of halogens is 1. The predicted molar refractivity (Wildman–Crippen MR) is 98.3 cm³/mol. The van der Waals surface area contributed by atoms with Crippen LogP contribution >= 0.6 is 23.4 Å². The van der Waals surface area contributed by atoms with Crippen molar-refractivity contribution in [1.82, 2.24) is 9.97 Å². The third-order valence-corrected chi connectivity index (χ3v) is 4.59. The first-order valence-electron chi connectivity index (χ1n) is 7.25. The Morgan fingerprint density at radius 2 is 2.16 bits per heavy atom. The van der Waals surface area contributed by atoms with Crippen molar-refractivity contribution in [1.29, 1.82) is 0 Å². The Morgan fingerprint density at radius 3 is 2.92 bits per heavy atom. The van der Waals surface area contributed by atoms with Crippen LogP contribution in [0.5, 0.6) is 0 Å². The molecular weight excluding hydrogens is 364 g/mol. The van der Waals surface area contributed by atoms with Crippen molar-refractivity contribution in [2.45, 2.75) is 12.1 Å². The highest BCUT2D eigenvalue weighted by molar-refractivity contribution is 7.99. The van der Waals surface area contributed by atoms with E-state index in [0.29, 0.717) is 5.16 Å². The van der Waals surface area contributed by atoms with Gasteiger partial charge in [0.05, 0.1) is 32.4 Å². The minimum Gasteiger partial charge on any atom is -0.333 e. The Balaban J connectivity index is 1.66. The number of benzene rings is 2. The van der Waals surface area contributed by atoms with E-state index in [2.05, 4.69) is 15.3 Å². The van der Waals surface area contributed by atoms with Crippen LogP contribution in [0.1, 0.15) is 5.56 Å². The van der Waals surface area contributed by atoms with E-state index in [1.165, 1.54) is 30.0 Å². The van der Waals surface area contributed by atoms with E-state index in [1.54, 1.807) is 0 Å². The van der Waals surface area contributed by atoms with Gasteiger partial charge in [0.2, 0.25) is 5.91 Å². The Hall–Kier alpha value is -2.58. The minimum atomic E-state index is -0.545. The number of H-pyrrole nitrogens is 1. The standard InChI is InChI=1S/C16H13ClN4O3S/c1-9-2-5-12-14(6-9)20-16(19-12)25-8-15(22)18-13-7-10(21(23)24)3-4-11(13)17/h2-7H,8H2,1H3,(H,18,22)(H,19,20). The number of hydrogen-bond acceptors (Lipinski definition) is 5. The number of imidazole rings is 1. The van der Waals surface area contributed by atoms with Crippen LogP contribution in [0.4, 0.5) is 11.4 Å². The third-order valence-electron chi connectivity index (χ3n) is 3.39. The van der Waals surface area contributed by atoms with Crippen molar-refractivity contribution in [3.63, 3.8) is 0 Å². The van der Waals surface area contributed by atoms with Gasteiger partial charge in [0, 0.05) is 12.1 Å². The highest BCUT2D eigenvalue weighted by Crippen LogP contribution is 2.27. The molecule has 0 radical (unpaired) electrons. The van der Waals surface area contributed by atoms with Gasteiger partial charge in [-0.1, -0.05) is 29.4 Å². The summed E-state index contributed by atoms with van der Waals surface area (Å²) in [6, 6.07) is 9.75. The molecule has 1 aromatic heterocycles. The number of carbonyl (C=O) groups is 1. The summed E-state index contributed by atoms with van der Waals surface area (Å²) in [5.74, 6) is -0.235. The van der Waals surface area contributed by atoms with E-state index in [4.69, 9.17) is 11.6 Å². The van der Waals surface area contributed by atoms with E-state index in [9.17, 15) is 14.9 Å². The first-order valence-corrected chi connectivity index (χ1v) is 8.62. The van der Waals surface area contributed by atoms with Crippen molar-refractivity contribution >= 4 is 51.7 Å². The third kappa shape index (κ3) is 4.09. The Labute approximate surface area is 151 Å². The highest BCUT2D eigenvalue weighted by atomic mass is 35.5. The molecule has 3 aromatic rings. The zero-order chi connectivity index (χ0) is 18.0. The number of fused-ring (bicyclic) bond motifs is 1. The normalized spacial score (nSPS) is 10.8. The molecule has 0 aliphatic heterocycles. The fraction of sp³-hybridized carbons (Fsp3) is 0.125. The number of nitrogens with one attached hydrogen (secondary N) is 2. The molecule has 0 atom stereocenters. The van der Waals surface area contributed by atoms with Crippen molar-refractivity contribution in [2.24, 2.45) is 0 Å². The summed E-state index contributed by atoms with van der Waals surface area (Å²) in [5, 5.41) is 14.2. The lowest BCUT2D eigenvalue weighted by Crippen LogP contribution is -2.14. The average molecular weight is 377 g/mol. The number of anilines is 1. The van der Waals surface area contributed by atoms with Crippen molar-refractivity contribution in [2.75, 3.05) is 11.1 Å². The van der Waals surface area contributed by atoms with Crippen LogP contribution in [0.15, 0.2) is 41.6 Å². The van der Waals surface area contributed by atoms with Crippen LogP contribution in [0.3, 0.4) is 0 Å². The van der Waals surface area contributed by atoms with Crippen molar-refractivity contribution in [3.8, 4) is 0 Å². The summed E-state index contributed by atoms with van der Waals surface area (Å²) in [5.41, 5.74) is 2.92. The van der Waals surface area contributed by atoms with Crippen LogP contribution in [0.25, 0.3) is 11.0 Å². The maximum absolute atomic E-state index is 12.1. The monoisotopic (exact) mass is 376 g/mol. The molecule has 0 saturated carbocycles. The number of amides is 1. The lowest BCUT2D eigenvalue weighted by atomic mass is 10.2. The summed E-state index contributed by atoms with van der Waals surface area (Å²) < 4.78 is 0. The van der Waals surface area contributed by atoms with Crippen LogP contribution < -0.4 is 5.32 Å². The zero-order valence-electron chi connectivity index (χ0n) is 13.1. The van der Waals surface area contributed by atoms with E-state index in [1.807, 2.05) is 25.1 Å². The molecule has 25 heavy (non-hydrogen) atoms. The van der Waals surface area contributed by atoms with Gasteiger partial charge in [-0.25, -0.2) is 4.98 Å². The van der Waals surface area contributed by atoms with Gasteiger partial charge in [0.1, 0.15) is 0 Å². The van der Waals surface area contributed by atoms with Gasteiger partial charge in [-0.3, -0.25) is 14.9 Å². The van der Waals surface area contributed by atoms with Crippen LogP contribution in [0.2, 0.25) is 5.02 Å². The van der Waals surface area contributed by atoms with Gasteiger partial charge in [0.15, 0.2) is 5.16 Å². The number of aryl methyl sites for hydroxylation is 1. The molecule has 1 heterocycles. The molecule has 0 fully saturated rings. The molecule has 128 valence electrons. The van der Waals surface area contributed by atoms with Crippen LogP contribution in [-0.4, -0.2) is 26.6 Å². The largest absolute Gasteiger partial charge is 0.333 e. The van der Waals surface area contributed by atoms with Gasteiger partial charge in [0.25, 0.3) is 5.69 Å². The molecule has 1 amide bonds. The summed E-state index contributed by atoms with van der Waals surface area (Å²) in [6.07, 6.45) is 0. The summed E-state index contributed by atoms with van der Waals surface area (Å²) in [7, 11) is 0. The Bertz CT molecular complexity index is 973. The average Bonchev–Trinajstić information content (AvgIpc) is 2.96. The molecular formula is C16H13ClN4O3S. The highest BCUT2D eigenvalue weighted by Gasteiger charge is 2.13. The van der Waals surface area contributed by atoms with Crippen molar-refractivity contribution in [3.05, 3.63) is 57.1 Å². The number of nitro benzene ring substituents is 1. The molecule has 9 heteroatoms. The van der Waals surface area contributed by atoms with Crippen molar-refractivity contribution < 1.29 is 9.72 Å². The second kappa shape index (κ2) is 7.12. The number of rotatable bonds is 5. The van der Waals surface area contributed by atoms with Gasteiger partial charge in [-0.15, -0.1) is 0 Å². The van der Waals surface area contributed by atoms with Gasteiger partial charge >= 0.3 is 0 Å². The molecule has 0 aliphatic carbocycles. The van der Waals surface area contributed by atoms with Gasteiger partial charge in [-0.05, 0) is 30.7 Å². The number of non-ortho nitro benzene ring substituents is 1. The number of carbonyl (C=O) groups excluding carboxylic acids is 1. The Kier molecular flexibility index (Phi) is 4.91. The van der Waals surface area contributed by atoms with E-state index in [0.717, 1.165) is 16.6 Å². The summed E-state index contributed by atoms with van der Waals surface area (Å²) in [4.78, 5) is 29.9.